The summed E-state index contributed by atoms with van der Waals surface area (Å²) in [6.45, 7) is 12.7. The molecule has 0 radical (unpaired) electrons. The van der Waals surface area contributed by atoms with Gasteiger partial charge in [-0.05, 0) is 104 Å². The predicted octanol–water partition coefficient (Wildman–Crippen LogP) is 13.0. The summed E-state index contributed by atoms with van der Waals surface area (Å²) in [6.07, 6.45) is 3.96. The molecule has 5 rings (SSSR count). The summed E-state index contributed by atoms with van der Waals surface area (Å²) in [5.41, 5.74) is 4.54. The van der Waals surface area contributed by atoms with E-state index in [1.54, 1.807) is 0 Å². The van der Waals surface area contributed by atoms with Crippen LogP contribution in [0.25, 0.3) is 0 Å². The molecular weight excluding hydrogens is 689 g/mol. The molecule has 4 heteroatoms. The van der Waals surface area contributed by atoms with Gasteiger partial charge >= 0.3 is 11.9 Å². The largest absolute Gasteiger partial charge is 0.462 e. The first kappa shape index (κ1) is 42.2. The van der Waals surface area contributed by atoms with Crippen molar-refractivity contribution in [2.24, 2.45) is 10.8 Å². The minimum atomic E-state index is -0.849. The highest BCUT2D eigenvalue weighted by atomic mass is 16.6. The van der Waals surface area contributed by atoms with Gasteiger partial charge in [-0.25, -0.2) is 0 Å². The van der Waals surface area contributed by atoms with Crippen LogP contribution in [0.4, 0.5) is 0 Å². The molecule has 6 unspecified atom stereocenters. The maximum absolute atomic E-state index is 14.2. The van der Waals surface area contributed by atoms with Gasteiger partial charge in [0.2, 0.25) is 0 Å². The van der Waals surface area contributed by atoms with Crippen molar-refractivity contribution in [3.63, 3.8) is 0 Å². The van der Waals surface area contributed by atoms with Gasteiger partial charge in [0, 0.05) is 5.92 Å². The van der Waals surface area contributed by atoms with Gasteiger partial charge in [-0.1, -0.05) is 172 Å². The average molecular weight is 751 g/mol. The standard InChI is InChI=1S/C52H62O4/c1-7-41(44-27-17-10-18-28-44)38-52(6,37-40(3)43-25-15-9-16-26-43)50(54)56-34-33-55-49(53)51(4,5)48(46-31-21-12-22-32-46)36-47(45-29-19-11-20-30-45)35-39(2)42-23-13-8-14-24-42/h8-32,39-41,47-48H,7,33-38H2,1-6H3. The fourth-order valence-corrected chi connectivity index (χ4v) is 8.62. The van der Waals surface area contributed by atoms with Crippen molar-refractivity contribution in [2.45, 2.75) is 103 Å². The Balaban J connectivity index is 1.29. The van der Waals surface area contributed by atoms with Crippen LogP contribution < -0.4 is 0 Å². The smallest absolute Gasteiger partial charge is 0.312 e. The second-order valence-electron chi connectivity index (χ2n) is 16.6. The van der Waals surface area contributed by atoms with Crippen LogP contribution in [0, 0.1) is 10.8 Å². The van der Waals surface area contributed by atoms with Crippen LogP contribution >= 0.6 is 0 Å². The van der Waals surface area contributed by atoms with Crippen LogP contribution in [-0.4, -0.2) is 25.2 Å². The highest BCUT2D eigenvalue weighted by Crippen LogP contribution is 2.46. The highest BCUT2D eigenvalue weighted by Gasteiger charge is 2.42. The zero-order valence-corrected chi connectivity index (χ0v) is 34.4. The molecule has 4 nitrogen and oxygen atoms in total. The second-order valence-corrected chi connectivity index (χ2v) is 16.6. The zero-order valence-electron chi connectivity index (χ0n) is 34.4. The molecule has 0 N–H and O–H groups in total. The van der Waals surface area contributed by atoms with Gasteiger partial charge in [0.1, 0.15) is 13.2 Å². The third kappa shape index (κ3) is 11.3. The van der Waals surface area contributed by atoms with Crippen LogP contribution in [0.2, 0.25) is 0 Å². The van der Waals surface area contributed by atoms with Gasteiger partial charge in [-0.2, -0.15) is 0 Å². The molecule has 294 valence electrons. The van der Waals surface area contributed by atoms with Gasteiger partial charge in [0.05, 0.1) is 10.8 Å². The van der Waals surface area contributed by atoms with Crippen molar-refractivity contribution in [1.29, 1.82) is 0 Å². The number of ether oxygens (including phenoxy) is 2. The Morgan fingerprint density at radius 1 is 0.482 bits per heavy atom. The van der Waals surface area contributed by atoms with Gasteiger partial charge in [0.25, 0.3) is 0 Å². The molecule has 0 aliphatic rings. The number of rotatable bonds is 20. The van der Waals surface area contributed by atoms with E-state index in [-0.39, 0.29) is 48.8 Å². The van der Waals surface area contributed by atoms with Crippen molar-refractivity contribution in [2.75, 3.05) is 13.2 Å². The van der Waals surface area contributed by atoms with Gasteiger partial charge in [-0.3, -0.25) is 9.59 Å². The average Bonchev–Trinajstić information content (AvgIpc) is 3.24. The lowest BCUT2D eigenvalue weighted by atomic mass is 9.68. The van der Waals surface area contributed by atoms with Gasteiger partial charge in [0.15, 0.2) is 0 Å². The second kappa shape index (κ2) is 20.3. The molecule has 5 aromatic rings. The molecule has 0 bridgehead atoms. The summed E-state index contributed by atoms with van der Waals surface area (Å²) in [5, 5.41) is 0. The summed E-state index contributed by atoms with van der Waals surface area (Å²) in [6, 6.07) is 52.5. The number of hydrogen-bond donors (Lipinski definition) is 0. The van der Waals surface area contributed by atoms with Gasteiger partial charge < -0.3 is 9.47 Å². The normalized spacial score (nSPS) is 15.4. The first-order valence-electron chi connectivity index (χ1n) is 20.6. The fraction of sp³-hybridized carbons (Fsp3) is 0.385. The molecule has 0 amide bonds. The third-order valence-electron chi connectivity index (χ3n) is 12.0. The van der Waals surface area contributed by atoms with Crippen molar-refractivity contribution < 1.29 is 19.1 Å². The van der Waals surface area contributed by atoms with Crippen LogP contribution in [0.15, 0.2) is 152 Å². The Kier molecular flexibility index (Phi) is 15.3. The van der Waals surface area contributed by atoms with E-state index in [1.165, 1.54) is 22.3 Å². The Bertz CT molecular complexity index is 1890. The van der Waals surface area contributed by atoms with Crippen LogP contribution in [0.3, 0.4) is 0 Å². The SMILES string of the molecule is CCC(CC(C)(CC(C)c1ccccc1)C(=O)OCCOC(=O)C(C)(C)C(CC(CC(C)c1ccccc1)c1ccccc1)c1ccccc1)c1ccccc1. The molecule has 6 atom stereocenters. The van der Waals surface area contributed by atoms with E-state index >= 15 is 0 Å². The van der Waals surface area contributed by atoms with E-state index in [1.807, 2.05) is 63.2 Å². The highest BCUT2D eigenvalue weighted by molar-refractivity contribution is 5.78. The molecule has 0 aliphatic carbocycles. The minimum Gasteiger partial charge on any atom is -0.462 e. The first-order chi connectivity index (χ1) is 27.0. The molecule has 0 aliphatic heterocycles. The summed E-state index contributed by atoms with van der Waals surface area (Å²) in [4.78, 5) is 28.3. The molecule has 56 heavy (non-hydrogen) atoms. The van der Waals surface area contributed by atoms with Crippen molar-refractivity contribution >= 4 is 11.9 Å². The lowest BCUT2D eigenvalue weighted by Crippen LogP contribution is -2.36. The molecule has 0 aromatic heterocycles. The Hall–Kier alpha value is -4.96. The number of hydrogen-bond acceptors (Lipinski definition) is 4. The Labute approximate surface area is 336 Å². The van der Waals surface area contributed by atoms with E-state index in [4.69, 9.17) is 9.47 Å². The summed E-state index contributed by atoms with van der Waals surface area (Å²) >= 11 is 0. The molecule has 0 saturated heterocycles. The summed E-state index contributed by atoms with van der Waals surface area (Å²) in [7, 11) is 0. The van der Waals surface area contributed by atoms with E-state index in [9.17, 15) is 9.59 Å². The van der Waals surface area contributed by atoms with Crippen molar-refractivity contribution in [1.82, 2.24) is 0 Å². The van der Waals surface area contributed by atoms with E-state index in [2.05, 4.69) is 130 Å². The molecule has 0 spiro atoms. The van der Waals surface area contributed by atoms with Crippen LogP contribution in [-0.2, 0) is 19.1 Å². The zero-order chi connectivity index (χ0) is 40.0. The first-order valence-corrected chi connectivity index (χ1v) is 20.6. The quantitative estimate of drug-likeness (QED) is 0.0587. The third-order valence-corrected chi connectivity index (χ3v) is 12.0. The number of carbonyl (C=O) groups is 2. The Morgan fingerprint density at radius 2 is 0.875 bits per heavy atom. The van der Waals surface area contributed by atoms with Gasteiger partial charge in [-0.15, -0.1) is 0 Å². The molecule has 0 saturated carbocycles. The molecular formula is C52H62O4. The summed E-state index contributed by atoms with van der Waals surface area (Å²) < 4.78 is 12.0. The number of benzene rings is 5. The minimum absolute atomic E-state index is 0.00286. The summed E-state index contributed by atoms with van der Waals surface area (Å²) in [5.74, 6) is 0.268. The van der Waals surface area contributed by atoms with Crippen LogP contribution in [0.5, 0.6) is 0 Å². The molecule has 0 heterocycles. The fourth-order valence-electron chi connectivity index (χ4n) is 8.62. The Morgan fingerprint density at radius 3 is 1.34 bits per heavy atom. The lowest BCUT2D eigenvalue weighted by Gasteiger charge is -2.36. The maximum atomic E-state index is 14.2. The van der Waals surface area contributed by atoms with E-state index < -0.39 is 10.8 Å². The number of carbonyl (C=O) groups excluding carboxylic acids is 2. The van der Waals surface area contributed by atoms with E-state index in [0.717, 1.165) is 24.8 Å². The predicted molar refractivity (Wildman–Crippen MR) is 230 cm³/mol. The lowest BCUT2D eigenvalue weighted by molar-refractivity contribution is -0.165. The maximum Gasteiger partial charge on any atom is 0.312 e. The van der Waals surface area contributed by atoms with Crippen molar-refractivity contribution in [3.05, 3.63) is 179 Å². The monoisotopic (exact) mass is 750 g/mol. The topological polar surface area (TPSA) is 52.6 Å². The van der Waals surface area contributed by atoms with Crippen molar-refractivity contribution in [3.8, 4) is 0 Å². The number of esters is 2. The molecule has 5 aromatic carbocycles. The van der Waals surface area contributed by atoms with E-state index in [0.29, 0.717) is 18.8 Å². The van der Waals surface area contributed by atoms with Crippen LogP contribution in [0.1, 0.15) is 131 Å². The molecule has 0 fully saturated rings.